The van der Waals surface area contributed by atoms with Gasteiger partial charge in [-0.2, -0.15) is 0 Å². The summed E-state index contributed by atoms with van der Waals surface area (Å²) in [6.07, 6.45) is 2.99. The van der Waals surface area contributed by atoms with E-state index in [9.17, 15) is 4.79 Å². The van der Waals surface area contributed by atoms with E-state index >= 15 is 0 Å². The van der Waals surface area contributed by atoms with Gasteiger partial charge in [0.2, 0.25) is 5.78 Å². The minimum atomic E-state index is -0.122. The molecule has 1 aliphatic heterocycles. The van der Waals surface area contributed by atoms with Gasteiger partial charge >= 0.3 is 0 Å². The molecular formula is C18H24N2O3. The summed E-state index contributed by atoms with van der Waals surface area (Å²) >= 11 is 0. The SMILES string of the molecule is CCCNCc1ccc(OC)c2oc(C(=O)C3CCCN3)cc12. The van der Waals surface area contributed by atoms with Crippen LogP contribution in [0.15, 0.2) is 22.6 Å². The lowest BCUT2D eigenvalue weighted by Gasteiger charge is -2.07. The van der Waals surface area contributed by atoms with Gasteiger partial charge in [-0.3, -0.25) is 4.79 Å². The summed E-state index contributed by atoms with van der Waals surface area (Å²) < 4.78 is 11.3. The molecule has 0 bridgehead atoms. The van der Waals surface area contributed by atoms with Gasteiger partial charge < -0.3 is 19.8 Å². The molecule has 0 saturated carbocycles. The second-order valence-corrected chi connectivity index (χ2v) is 5.97. The van der Waals surface area contributed by atoms with Crippen molar-refractivity contribution in [2.45, 2.75) is 38.8 Å². The number of hydrogen-bond acceptors (Lipinski definition) is 5. The third kappa shape index (κ3) is 3.26. The fraction of sp³-hybridized carbons (Fsp3) is 0.500. The van der Waals surface area contributed by atoms with Gasteiger partial charge in [0.25, 0.3) is 0 Å². The number of fused-ring (bicyclic) bond motifs is 1. The maximum atomic E-state index is 12.6. The highest BCUT2D eigenvalue weighted by molar-refractivity contribution is 6.02. The van der Waals surface area contributed by atoms with Crippen molar-refractivity contribution in [2.24, 2.45) is 0 Å². The van der Waals surface area contributed by atoms with E-state index in [-0.39, 0.29) is 11.8 Å². The van der Waals surface area contributed by atoms with Crippen molar-refractivity contribution >= 4 is 16.8 Å². The highest BCUT2D eigenvalue weighted by Gasteiger charge is 2.27. The van der Waals surface area contributed by atoms with E-state index in [1.807, 2.05) is 18.2 Å². The first-order valence-electron chi connectivity index (χ1n) is 8.32. The molecule has 1 saturated heterocycles. The molecule has 3 rings (SSSR count). The average Bonchev–Trinajstić information content (AvgIpc) is 3.24. The van der Waals surface area contributed by atoms with E-state index in [0.717, 1.165) is 49.8 Å². The van der Waals surface area contributed by atoms with Crippen LogP contribution in [0.2, 0.25) is 0 Å². The van der Waals surface area contributed by atoms with Crippen LogP contribution >= 0.6 is 0 Å². The maximum absolute atomic E-state index is 12.6. The molecule has 23 heavy (non-hydrogen) atoms. The highest BCUT2D eigenvalue weighted by Crippen LogP contribution is 2.32. The molecule has 2 heterocycles. The summed E-state index contributed by atoms with van der Waals surface area (Å²) in [5.41, 5.74) is 1.78. The second-order valence-electron chi connectivity index (χ2n) is 5.97. The molecule has 2 aromatic rings. The Morgan fingerprint density at radius 1 is 1.48 bits per heavy atom. The van der Waals surface area contributed by atoms with Crippen LogP contribution in [-0.4, -0.2) is 32.0 Å². The topological polar surface area (TPSA) is 63.5 Å². The van der Waals surface area contributed by atoms with Crippen LogP contribution in [0.4, 0.5) is 0 Å². The Kier molecular flexibility index (Phi) is 4.98. The zero-order valence-corrected chi connectivity index (χ0v) is 13.8. The van der Waals surface area contributed by atoms with Gasteiger partial charge in [-0.1, -0.05) is 13.0 Å². The first-order valence-corrected chi connectivity index (χ1v) is 8.32. The van der Waals surface area contributed by atoms with Gasteiger partial charge in [-0.25, -0.2) is 0 Å². The predicted molar refractivity (Wildman–Crippen MR) is 90.1 cm³/mol. The quantitative estimate of drug-likeness (QED) is 0.607. The van der Waals surface area contributed by atoms with E-state index in [1.165, 1.54) is 0 Å². The lowest BCUT2D eigenvalue weighted by atomic mass is 10.1. The van der Waals surface area contributed by atoms with E-state index in [4.69, 9.17) is 9.15 Å². The molecule has 1 aromatic heterocycles. The molecule has 1 fully saturated rings. The van der Waals surface area contributed by atoms with Crippen LogP contribution in [0, 0.1) is 0 Å². The van der Waals surface area contributed by atoms with Crippen molar-refractivity contribution < 1.29 is 13.9 Å². The van der Waals surface area contributed by atoms with Crippen molar-refractivity contribution in [1.29, 1.82) is 0 Å². The van der Waals surface area contributed by atoms with Crippen molar-refractivity contribution in [3.05, 3.63) is 29.5 Å². The number of furan rings is 1. The van der Waals surface area contributed by atoms with Crippen LogP contribution in [0.25, 0.3) is 11.0 Å². The molecule has 5 heteroatoms. The van der Waals surface area contributed by atoms with Crippen molar-refractivity contribution in [2.75, 3.05) is 20.2 Å². The summed E-state index contributed by atoms with van der Waals surface area (Å²) in [5.74, 6) is 1.12. The normalized spacial score (nSPS) is 17.7. The molecule has 1 aliphatic rings. The molecule has 1 atom stereocenters. The van der Waals surface area contributed by atoms with E-state index < -0.39 is 0 Å². The van der Waals surface area contributed by atoms with Gasteiger partial charge in [-0.05, 0) is 50.0 Å². The van der Waals surface area contributed by atoms with Gasteiger partial charge in [0, 0.05) is 11.9 Å². The molecule has 5 nitrogen and oxygen atoms in total. The highest BCUT2D eigenvalue weighted by atomic mass is 16.5. The first-order chi connectivity index (χ1) is 11.2. The fourth-order valence-corrected chi connectivity index (χ4v) is 3.07. The zero-order chi connectivity index (χ0) is 16.2. The zero-order valence-electron chi connectivity index (χ0n) is 13.8. The Balaban J connectivity index is 1.94. The minimum Gasteiger partial charge on any atom is -0.493 e. The van der Waals surface area contributed by atoms with Crippen LogP contribution in [0.3, 0.4) is 0 Å². The Bertz CT molecular complexity index is 687. The van der Waals surface area contributed by atoms with Gasteiger partial charge in [0.05, 0.1) is 13.2 Å². The third-order valence-corrected chi connectivity index (χ3v) is 4.32. The standard InChI is InChI=1S/C18H24N2O3/c1-3-8-19-11-12-6-7-15(22-2)18-13(12)10-16(23-18)17(21)14-5-4-9-20-14/h6-7,10,14,19-20H,3-5,8-9,11H2,1-2H3. The van der Waals surface area contributed by atoms with E-state index in [0.29, 0.717) is 17.1 Å². The number of carbonyl (C=O) groups is 1. The first kappa shape index (κ1) is 16.0. The molecular weight excluding hydrogens is 292 g/mol. The number of ether oxygens (including phenoxy) is 1. The maximum Gasteiger partial charge on any atom is 0.214 e. The molecule has 124 valence electrons. The molecule has 1 unspecified atom stereocenters. The Morgan fingerprint density at radius 2 is 2.35 bits per heavy atom. The van der Waals surface area contributed by atoms with Crippen LogP contribution < -0.4 is 15.4 Å². The van der Waals surface area contributed by atoms with Crippen molar-refractivity contribution in [1.82, 2.24) is 10.6 Å². The van der Waals surface area contributed by atoms with Crippen LogP contribution in [0.5, 0.6) is 5.75 Å². The van der Waals surface area contributed by atoms with Gasteiger partial charge in [0.1, 0.15) is 0 Å². The molecule has 2 N–H and O–H groups in total. The number of carbonyl (C=O) groups excluding carboxylic acids is 1. The molecule has 1 aromatic carbocycles. The van der Waals surface area contributed by atoms with Crippen molar-refractivity contribution in [3.8, 4) is 5.75 Å². The summed E-state index contributed by atoms with van der Waals surface area (Å²) in [6.45, 7) is 4.75. The summed E-state index contributed by atoms with van der Waals surface area (Å²) in [6, 6.07) is 5.67. The van der Waals surface area contributed by atoms with Crippen molar-refractivity contribution in [3.63, 3.8) is 0 Å². The summed E-state index contributed by atoms with van der Waals surface area (Å²) in [5, 5.41) is 7.58. The Hall–Kier alpha value is -1.85. The van der Waals surface area contributed by atoms with E-state index in [2.05, 4.69) is 17.6 Å². The number of benzene rings is 1. The largest absolute Gasteiger partial charge is 0.493 e. The number of ketones is 1. The van der Waals surface area contributed by atoms with Gasteiger partial charge in [0.15, 0.2) is 17.1 Å². The predicted octanol–water partition coefficient (Wildman–Crippen LogP) is 2.88. The summed E-state index contributed by atoms with van der Waals surface area (Å²) in [7, 11) is 1.62. The smallest absolute Gasteiger partial charge is 0.214 e. The number of rotatable bonds is 7. The minimum absolute atomic E-state index is 0.0354. The molecule has 0 aliphatic carbocycles. The Morgan fingerprint density at radius 3 is 3.04 bits per heavy atom. The third-order valence-electron chi connectivity index (χ3n) is 4.32. The number of Topliss-reactive ketones (excluding diaryl/α,β-unsaturated/α-hetero) is 1. The number of nitrogens with one attached hydrogen (secondary N) is 2. The number of hydrogen-bond donors (Lipinski definition) is 2. The lowest BCUT2D eigenvalue weighted by molar-refractivity contribution is 0.0927. The number of methoxy groups -OCH3 is 1. The monoisotopic (exact) mass is 316 g/mol. The fourth-order valence-electron chi connectivity index (χ4n) is 3.07. The lowest BCUT2D eigenvalue weighted by Crippen LogP contribution is -2.30. The Labute approximate surface area is 136 Å². The van der Waals surface area contributed by atoms with Crippen LogP contribution in [-0.2, 0) is 6.54 Å². The van der Waals surface area contributed by atoms with Gasteiger partial charge in [-0.15, -0.1) is 0 Å². The van der Waals surface area contributed by atoms with E-state index in [1.54, 1.807) is 7.11 Å². The molecule has 0 radical (unpaired) electrons. The average molecular weight is 316 g/mol. The van der Waals surface area contributed by atoms with Crippen LogP contribution in [0.1, 0.15) is 42.3 Å². The second kappa shape index (κ2) is 7.15. The summed E-state index contributed by atoms with van der Waals surface area (Å²) in [4.78, 5) is 12.6. The molecule has 0 spiro atoms. The molecule has 0 amide bonds.